The van der Waals surface area contributed by atoms with Gasteiger partial charge in [-0.15, -0.1) is 0 Å². The van der Waals surface area contributed by atoms with Crippen molar-refractivity contribution in [3.05, 3.63) is 35.6 Å². The first-order valence-electron chi connectivity index (χ1n) is 4.21. The zero-order chi connectivity index (χ0) is 11.6. The number of benzene rings is 1. The van der Waals surface area contributed by atoms with E-state index in [1.54, 1.807) is 0 Å². The van der Waals surface area contributed by atoms with Gasteiger partial charge in [-0.3, -0.25) is 0 Å². The summed E-state index contributed by atoms with van der Waals surface area (Å²) in [5, 5.41) is 18.1. The lowest BCUT2D eigenvalue weighted by Crippen LogP contribution is -2.39. The fraction of sp³-hybridized carbons (Fsp3) is 0.300. The summed E-state index contributed by atoms with van der Waals surface area (Å²) in [5.74, 6) is -2.30. The van der Waals surface area contributed by atoms with Crippen molar-refractivity contribution >= 4 is 5.97 Å². The van der Waals surface area contributed by atoms with Crippen molar-refractivity contribution in [1.29, 1.82) is 0 Å². The average molecular weight is 216 g/mol. The Morgan fingerprint density at radius 3 is 2.27 bits per heavy atom. The summed E-state index contributed by atoms with van der Waals surface area (Å²) in [7, 11) is 0. The van der Waals surface area contributed by atoms with Gasteiger partial charge >= 0.3 is 5.97 Å². The summed E-state index contributed by atoms with van der Waals surface area (Å²) in [4.78, 5) is 10.4. The summed E-state index contributed by atoms with van der Waals surface area (Å²) in [6.07, 6.45) is -2.46. The third kappa shape index (κ3) is 2.30. The molecule has 15 heavy (non-hydrogen) atoms. The highest BCUT2D eigenvalue weighted by Crippen LogP contribution is 2.27. The third-order valence-electron chi connectivity index (χ3n) is 2.14. The van der Waals surface area contributed by atoms with Crippen LogP contribution in [-0.2, 0) is 10.4 Å². The van der Waals surface area contributed by atoms with Crippen molar-refractivity contribution in [1.82, 2.24) is 0 Å². The zero-order valence-electron chi connectivity index (χ0n) is 7.95. The predicted octanol–water partition coefficient (Wildman–Crippen LogP) is 1.46. The maximum absolute atomic E-state index is 13.1. The minimum absolute atomic E-state index is 0.0128. The molecule has 0 heterocycles. The highest BCUT2D eigenvalue weighted by atomic mass is 19.1. The summed E-state index contributed by atoms with van der Waals surface area (Å²) in [6, 6.07) is 4.34. The second kappa shape index (κ2) is 3.94. The van der Waals surface area contributed by atoms with Crippen LogP contribution in [0.25, 0.3) is 0 Å². The van der Waals surface area contributed by atoms with E-state index in [1.807, 2.05) is 0 Å². The molecule has 0 radical (unpaired) electrons. The van der Waals surface area contributed by atoms with E-state index < -0.39 is 23.6 Å². The van der Waals surface area contributed by atoms with E-state index in [0.29, 0.717) is 0 Å². The van der Waals surface area contributed by atoms with E-state index in [4.69, 9.17) is 5.11 Å². The van der Waals surface area contributed by atoms with Gasteiger partial charge in [-0.25, -0.2) is 13.6 Å². The molecule has 0 bridgehead atoms. The van der Waals surface area contributed by atoms with Crippen molar-refractivity contribution in [2.24, 2.45) is 0 Å². The number of carboxylic acids is 1. The molecule has 2 N–H and O–H groups in total. The fourth-order valence-corrected chi connectivity index (χ4v) is 1.17. The second-order valence-electron chi connectivity index (χ2n) is 3.36. The first-order chi connectivity index (χ1) is 6.85. The number of carbonyl (C=O) groups is 1. The van der Waals surface area contributed by atoms with Gasteiger partial charge in [0.25, 0.3) is 0 Å². The Balaban J connectivity index is 3.05. The van der Waals surface area contributed by atoms with E-state index in [1.165, 1.54) is 0 Å². The molecule has 0 saturated heterocycles. The predicted molar refractivity (Wildman–Crippen MR) is 48.5 cm³/mol. The van der Waals surface area contributed by atoms with Crippen molar-refractivity contribution in [3.8, 4) is 0 Å². The molecule has 2 unspecified atom stereocenters. The molecular formula is C10H10F2O3. The Morgan fingerprint density at radius 1 is 1.40 bits per heavy atom. The van der Waals surface area contributed by atoms with Crippen LogP contribution in [0.5, 0.6) is 0 Å². The van der Waals surface area contributed by atoms with Crippen LogP contribution in [0.2, 0.25) is 0 Å². The van der Waals surface area contributed by atoms with Crippen LogP contribution >= 0.6 is 0 Å². The molecule has 0 fully saturated rings. The second-order valence-corrected chi connectivity index (χ2v) is 3.36. The lowest BCUT2D eigenvalue weighted by Gasteiger charge is -2.24. The van der Waals surface area contributed by atoms with Crippen molar-refractivity contribution in [2.45, 2.75) is 18.7 Å². The largest absolute Gasteiger partial charge is 0.479 e. The summed E-state index contributed by atoms with van der Waals surface area (Å²) >= 11 is 0. The Labute approximate surface area is 85.0 Å². The van der Waals surface area contributed by atoms with E-state index in [-0.39, 0.29) is 5.56 Å². The molecule has 1 aromatic rings. The van der Waals surface area contributed by atoms with Crippen LogP contribution < -0.4 is 0 Å². The van der Waals surface area contributed by atoms with Crippen molar-refractivity contribution in [2.75, 3.05) is 0 Å². The van der Waals surface area contributed by atoms with E-state index in [0.717, 1.165) is 31.2 Å². The van der Waals surface area contributed by atoms with E-state index in [9.17, 15) is 18.7 Å². The molecule has 0 aliphatic carbocycles. The van der Waals surface area contributed by atoms with Gasteiger partial charge in [0.05, 0.1) is 0 Å². The molecule has 0 amide bonds. The third-order valence-corrected chi connectivity index (χ3v) is 2.14. The molecule has 5 heteroatoms. The summed E-state index contributed by atoms with van der Waals surface area (Å²) in [5.41, 5.74) is -2.15. The normalized spacial score (nSPS) is 16.8. The van der Waals surface area contributed by atoms with E-state index >= 15 is 0 Å². The lowest BCUT2D eigenvalue weighted by atomic mass is 9.91. The highest BCUT2D eigenvalue weighted by molar-refractivity contribution is 5.74. The Bertz CT molecular complexity index is 359. The van der Waals surface area contributed by atoms with Crippen molar-refractivity contribution in [3.63, 3.8) is 0 Å². The first kappa shape index (κ1) is 11.6. The van der Waals surface area contributed by atoms with Crippen LogP contribution in [0.1, 0.15) is 12.5 Å². The number of halogens is 2. The molecule has 1 rings (SSSR count). The Kier molecular flexibility index (Phi) is 3.04. The van der Waals surface area contributed by atoms with Gasteiger partial charge in [0.1, 0.15) is 11.4 Å². The number of alkyl halides is 1. The Morgan fingerprint density at radius 2 is 1.87 bits per heavy atom. The first-order valence-corrected chi connectivity index (χ1v) is 4.21. The van der Waals surface area contributed by atoms with Crippen LogP contribution in [0.3, 0.4) is 0 Å². The van der Waals surface area contributed by atoms with Gasteiger partial charge in [0.15, 0.2) is 0 Å². The molecule has 0 spiro atoms. The lowest BCUT2D eigenvalue weighted by molar-refractivity contribution is -0.153. The standard InChI is InChI=1S/C10H10F2O3/c1-10(15,8(12)9(13)14)6-2-4-7(11)5-3-6/h2-5,8,15H,1H3,(H,13,14). The van der Waals surface area contributed by atoms with E-state index in [2.05, 4.69) is 0 Å². The van der Waals surface area contributed by atoms with Crippen molar-refractivity contribution < 1.29 is 23.8 Å². The topological polar surface area (TPSA) is 57.5 Å². The van der Waals surface area contributed by atoms with Crippen LogP contribution in [0.4, 0.5) is 8.78 Å². The maximum atomic E-state index is 13.1. The van der Waals surface area contributed by atoms with Gasteiger partial charge < -0.3 is 10.2 Å². The van der Waals surface area contributed by atoms with Crippen LogP contribution in [0, 0.1) is 5.82 Å². The monoisotopic (exact) mass is 216 g/mol. The maximum Gasteiger partial charge on any atom is 0.341 e. The smallest absolute Gasteiger partial charge is 0.341 e. The number of carboxylic acid groups (broad SMARTS) is 1. The number of aliphatic carboxylic acids is 1. The Hall–Kier alpha value is -1.49. The molecule has 0 aliphatic rings. The van der Waals surface area contributed by atoms with Crippen LogP contribution in [-0.4, -0.2) is 22.4 Å². The summed E-state index contributed by atoms with van der Waals surface area (Å²) < 4.78 is 25.7. The SMILES string of the molecule is CC(O)(c1ccc(F)cc1)C(F)C(=O)O. The molecular weight excluding hydrogens is 206 g/mol. The molecule has 2 atom stereocenters. The summed E-state index contributed by atoms with van der Waals surface area (Å²) in [6.45, 7) is 1.03. The molecule has 0 aliphatic heterocycles. The van der Waals surface area contributed by atoms with Gasteiger partial charge in [-0.1, -0.05) is 12.1 Å². The van der Waals surface area contributed by atoms with Gasteiger partial charge in [0, 0.05) is 0 Å². The zero-order valence-corrected chi connectivity index (χ0v) is 7.95. The molecule has 0 saturated carbocycles. The van der Waals surface area contributed by atoms with Gasteiger partial charge in [-0.2, -0.15) is 0 Å². The number of hydrogen-bond acceptors (Lipinski definition) is 2. The van der Waals surface area contributed by atoms with Gasteiger partial charge in [-0.05, 0) is 24.6 Å². The average Bonchev–Trinajstić information content (AvgIpc) is 2.17. The molecule has 1 aromatic carbocycles. The fourth-order valence-electron chi connectivity index (χ4n) is 1.17. The highest BCUT2D eigenvalue weighted by Gasteiger charge is 2.39. The number of aliphatic hydroxyl groups is 1. The van der Waals surface area contributed by atoms with Gasteiger partial charge in [0.2, 0.25) is 6.17 Å². The number of hydrogen-bond donors (Lipinski definition) is 2. The number of rotatable bonds is 3. The minimum Gasteiger partial charge on any atom is -0.479 e. The minimum atomic E-state index is -2.46. The molecule has 3 nitrogen and oxygen atoms in total. The van der Waals surface area contributed by atoms with Crippen LogP contribution in [0.15, 0.2) is 24.3 Å². The quantitative estimate of drug-likeness (QED) is 0.804. The molecule has 82 valence electrons. The molecule has 0 aromatic heterocycles.